The van der Waals surface area contributed by atoms with Crippen LogP contribution in [0.2, 0.25) is 0 Å². The Morgan fingerprint density at radius 1 is 1.29 bits per heavy atom. The van der Waals surface area contributed by atoms with Crippen molar-refractivity contribution in [2.75, 3.05) is 6.61 Å². The fraction of sp³-hybridized carbons (Fsp3) is 0.154. The number of carbonyl (C=O) groups excluding carboxylic acids is 1. The van der Waals surface area contributed by atoms with E-state index in [1.165, 1.54) is 11.3 Å². The average molecular weight is 309 g/mol. The molecular weight excluding hydrogens is 300 g/mol. The van der Waals surface area contributed by atoms with E-state index in [1.807, 2.05) is 29.6 Å². The Balaban J connectivity index is 1.97. The lowest BCUT2D eigenvalue weighted by atomic mass is 10.0. The standard InChI is InChI=1S/C13H9BrO2S/c14-12-6-10(7-17-12)13(15)9-1-2-11-8(5-9)3-4-16-11/h1-2,5-7H,3-4H2. The van der Waals surface area contributed by atoms with Gasteiger partial charge in [-0.3, -0.25) is 4.79 Å². The van der Waals surface area contributed by atoms with Crippen molar-refractivity contribution < 1.29 is 9.53 Å². The zero-order chi connectivity index (χ0) is 11.8. The monoisotopic (exact) mass is 308 g/mol. The number of fused-ring (bicyclic) bond motifs is 1. The van der Waals surface area contributed by atoms with E-state index in [2.05, 4.69) is 15.9 Å². The number of carbonyl (C=O) groups is 1. The first kappa shape index (κ1) is 11.0. The predicted molar refractivity (Wildman–Crippen MR) is 71.1 cm³/mol. The lowest BCUT2D eigenvalue weighted by Crippen LogP contribution is -1.99. The molecule has 0 amide bonds. The predicted octanol–water partition coefficient (Wildman–Crippen LogP) is 3.68. The summed E-state index contributed by atoms with van der Waals surface area (Å²) in [5, 5.41) is 1.87. The molecule has 17 heavy (non-hydrogen) atoms. The van der Waals surface area contributed by atoms with Gasteiger partial charge in [0.05, 0.1) is 10.4 Å². The van der Waals surface area contributed by atoms with Gasteiger partial charge in [0.1, 0.15) is 5.75 Å². The highest BCUT2D eigenvalue weighted by atomic mass is 79.9. The number of hydrogen-bond acceptors (Lipinski definition) is 3. The van der Waals surface area contributed by atoms with Crippen LogP contribution in [0.4, 0.5) is 0 Å². The van der Waals surface area contributed by atoms with Crippen molar-refractivity contribution in [2.45, 2.75) is 6.42 Å². The summed E-state index contributed by atoms with van der Waals surface area (Å²) in [6.07, 6.45) is 0.893. The van der Waals surface area contributed by atoms with Crippen LogP contribution in [0.25, 0.3) is 0 Å². The average Bonchev–Trinajstić information content (AvgIpc) is 2.95. The van der Waals surface area contributed by atoms with Crippen molar-refractivity contribution in [1.29, 1.82) is 0 Å². The first-order valence-electron chi connectivity index (χ1n) is 5.28. The molecule has 0 radical (unpaired) electrons. The Labute approximate surface area is 111 Å². The normalized spacial score (nSPS) is 13.2. The van der Waals surface area contributed by atoms with E-state index in [-0.39, 0.29) is 5.78 Å². The smallest absolute Gasteiger partial charge is 0.193 e. The van der Waals surface area contributed by atoms with Crippen LogP contribution in [0.3, 0.4) is 0 Å². The van der Waals surface area contributed by atoms with E-state index in [1.54, 1.807) is 0 Å². The zero-order valence-electron chi connectivity index (χ0n) is 8.90. The van der Waals surface area contributed by atoms with Crippen molar-refractivity contribution >= 4 is 33.0 Å². The third-order valence-electron chi connectivity index (χ3n) is 2.78. The maximum Gasteiger partial charge on any atom is 0.193 e. The Bertz CT molecular complexity index is 589. The maximum absolute atomic E-state index is 12.2. The number of rotatable bonds is 2. The van der Waals surface area contributed by atoms with Crippen molar-refractivity contribution in [2.24, 2.45) is 0 Å². The molecule has 1 aliphatic heterocycles. The van der Waals surface area contributed by atoms with E-state index in [0.29, 0.717) is 0 Å². The first-order chi connectivity index (χ1) is 8.24. The fourth-order valence-corrected chi connectivity index (χ4v) is 3.06. The number of ketones is 1. The molecule has 0 saturated heterocycles. The van der Waals surface area contributed by atoms with Gasteiger partial charge in [0.25, 0.3) is 0 Å². The van der Waals surface area contributed by atoms with Gasteiger partial charge >= 0.3 is 0 Å². The minimum Gasteiger partial charge on any atom is -0.493 e. The lowest BCUT2D eigenvalue weighted by molar-refractivity contribution is 0.103. The molecule has 0 fully saturated rings. The van der Waals surface area contributed by atoms with Gasteiger partial charge < -0.3 is 4.74 Å². The second kappa shape index (κ2) is 4.27. The second-order valence-electron chi connectivity index (χ2n) is 3.89. The van der Waals surface area contributed by atoms with Crippen LogP contribution in [0.5, 0.6) is 5.75 Å². The molecule has 1 aliphatic rings. The fourth-order valence-electron chi connectivity index (χ4n) is 1.92. The van der Waals surface area contributed by atoms with Crippen LogP contribution in [-0.4, -0.2) is 12.4 Å². The van der Waals surface area contributed by atoms with Crippen molar-refractivity contribution in [3.8, 4) is 5.75 Å². The molecule has 2 aromatic rings. The zero-order valence-corrected chi connectivity index (χ0v) is 11.3. The minimum atomic E-state index is 0.0710. The molecule has 4 heteroatoms. The highest BCUT2D eigenvalue weighted by Crippen LogP contribution is 2.28. The minimum absolute atomic E-state index is 0.0710. The largest absolute Gasteiger partial charge is 0.493 e. The van der Waals surface area contributed by atoms with Gasteiger partial charge in [0.2, 0.25) is 0 Å². The van der Waals surface area contributed by atoms with Crippen molar-refractivity contribution in [1.82, 2.24) is 0 Å². The molecule has 0 atom stereocenters. The summed E-state index contributed by atoms with van der Waals surface area (Å²) < 4.78 is 6.40. The Hall–Kier alpha value is -1.13. The molecule has 0 aliphatic carbocycles. The number of ether oxygens (including phenoxy) is 1. The van der Waals surface area contributed by atoms with E-state index < -0.39 is 0 Å². The summed E-state index contributed by atoms with van der Waals surface area (Å²) in [7, 11) is 0. The summed E-state index contributed by atoms with van der Waals surface area (Å²) in [6.45, 7) is 0.719. The van der Waals surface area contributed by atoms with Crippen LogP contribution >= 0.6 is 27.3 Å². The summed E-state index contributed by atoms with van der Waals surface area (Å²) in [5.41, 5.74) is 2.60. The molecule has 2 heterocycles. The quantitative estimate of drug-likeness (QED) is 0.791. The summed E-state index contributed by atoms with van der Waals surface area (Å²) in [5.74, 6) is 0.981. The maximum atomic E-state index is 12.2. The Kier molecular flexibility index (Phi) is 2.76. The van der Waals surface area contributed by atoms with Gasteiger partial charge in [0, 0.05) is 22.9 Å². The molecule has 0 N–H and O–H groups in total. The molecule has 1 aromatic heterocycles. The Morgan fingerprint density at radius 2 is 2.18 bits per heavy atom. The molecule has 0 unspecified atom stereocenters. The third kappa shape index (κ3) is 2.03. The number of thiophene rings is 1. The summed E-state index contributed by atoms with van der Waals surface area (Å²) in [6, 6.07) is 7.52. The highest BCUT2D eigenvalue weighted by molar-refractivity contribution is 9.11. The number of benzene rings is 1. The van der Waals surface area contributed by atoms with Gasteiger partial charge in [-0.1, -0.05) is 0 Å². The summed E-state index contributed by atoms with van der Waals surface area (Å²) >= 11 is 4.89. The van der Waals surface area contributed by atoms with Crippen LogP contribution in [-0.2, 0) is 6.42 Å². The van der Waals surface area contributed by atoms with Gasteiger partial charge in [-0.2, -0.15) is 0 Å². The van der Waals surface area contributed by atoms with Gasteiger partial charge in [-0.15, -0.1) is 11.3 Å². The van der Waals surface area contributed by atoms with Crippen LogP contribution in [0.1, 0.15) is 21.5 Å². The summed E-state index contributed by atoms with van der Waals surface area (Å²) in [4.78, 5) is 12.2. The van der Waals surface area contributed by atoms with E-state index in [4.69, 9.17) is 4.74 Å². The number of halogens is 1. The van der Waals surface area contributed by atoms with Crippen molar-refractivity contribution in [3.05, 3.63) is 50.1 Å². The van der Waals surface area contributed by atoms with Crippen LogP contribution in [0, 0.1) is 0 Å². The first-order valence-corrected chi connectivity index (χ1v) is 6.96. The topological polar surface area (TPSA) is 26.3 Å². The Morgan fingerprint density at radius 3 is 2.94 bits per heavy atom. The van der Waals surface area contributed by atoms with Crippen LogP contribution in [0.15, 0.2) is 33.4 Å². The van der Waals surface area contributed by atoms with E-state index in [9.17, 15) is 4.79 Å². The molecule has 1 aromatic carbocycles. The molecule has 2 nitrogen and oxygen atoms in total. The van der Waals surface area contributed by atoms with Gasteiger partial charge in [-0.25, -0.2) is 0 Å². The van der Waals surface area contributed by atoms with Gasteiger partial charge in [0.15, 0.2) is 5.78 Å². The number of hydrogen-bond donors (Lipinski definition) is 0. The second-order valence-corrected chi connectivity index (χ2v) is 6.18. The van der Waals surface area contributed by atoms with Gasteiger partial charge in [-0.05, 0) is 45.8 Å². The lowest BCUT2D eigenvalue weighted by Gasteiger charge is -2.02. The van der Waals surface area contributed by atoms with E-state index >= 15 is 0 Å². The molecule has 86 valence electrons. The van der Waals surface area contributed by atoms with Crippen LogP contribution < -0.4 is 4.74 Å². The molecule has 0 bridgehead atoms. The van der Waals surface area contributed by atoms with Crippen molar-refractivity contribution in [3.63, 3.8) is 0 Å². The molecular formula is C13H9BrO2S. The SMILES string of the molecule is O=C(c1csc(Br)c1)c1ccc2c(c1)CCO2. The molecule has 3 rings (SSSR count). The molecule has 0 spiro atoms. The third-order valence-corrected chi connectivity index (χ3v) is 4.29. The molecule has 0 saturated carbocycles. The van der Waals surface area contributed by atoms with E-state index in [0.717, 1.165) is 39.3 Å². The highest BCUT2D eigenvalue weighted by Gasteiger charge is 2.16.